The molecule has 0 fully saturated rings. The number of hydrogen-bond acceptors (Lipinski definition) is 2. The molecule has 0 N–H and O–H groups in total. The van der Waals surface area contributed by atoms with Gasteiger partial charge in [-0.1, -0.05) is 4.98 Å². The normalized spacial score (nSPS) is 15.0. The molecule has 0 saturated heterocycles. The molecule has 3 heterocycles. The van der Waals surface area contributed by atoms with Crippen molar-refractivity contribution in [3.8, 4) is 16.9 Å². The molecule has 110 valence electrons. The van der Waals surface area contributed by atoms with Crippen LogP contribution in [0.25, 0.3) is 16.9 Å². The summed E-state index contributed by atoms with van der Waals surface area (Å²) in [6, 6.07) is 3.81. The molecule has 0 amide bonds. The van der Waals surface area contributed by atoms with Gasteiger partial charge in [0.1, 0.15) is 11.5 Å². The van der Waals surface area contributed by atoms with E-state index in [0.717, 1.165) is 39.6 Å². The first kappa shape index (κ1) is 10.3. The fourth-order valence-electron chi connectivity index (χ4n) is 3.23. The van der Waals surface area contributed by atoms with Gasteiger partial charge in [-0.3, -0.25) is 0 Å². The lowest BCUT2D eigenvalue weighted by atomic mass is 9.92. The van der Waals surface area contributed by atoms with Crippen LogP contribution >= 0.6 is 0 Å². The first-order chi connectivity index (χ1) is 11.8. The lowest BCUT2D eigenvalue weighted by molar-refractivity contribution is -0.663. The summed E-state index contributed by atoms with van der Waals surface area (Å²) in [5.41, 5.74) is 6.06. The number of benzene rings is 1. The Balaban J connectivity index is 2.10. The smallest absolute Gasteiger partial charge is 0.286 e. The van der Waals surface area contributed by atoms with Gasteiger partial charge in [0, 0.05) is 41.5 Å². The molecule has 0 aliphatic carbocycles. The average molecular weight is 294 g/mol. The molecule has 0 atom stereocenters. The molecule has 2 aromatic heterocycles. The van der Waals surface area contributed by atoms with Crippen LogP contribution < -0.4 is 4.57 Å². The van der Waals surface area contributed by atoms with Crippen LogP contribution in [-0.2, 0) is 13.5 Å². The van der Waals surface area contributed by atoms with Gasteiger partial charge in [0.2, 0.25) is 0 Å². The minimum Gasteiger partial charge on any atom is -0.303 e. The summed E-state index contributed by atoms with van der Waals surface area (Å²) in [4.78, 5) is 8.73. The number of hydrogen-bond donors (Lipinski definition) is 0. The number of aryl methyl sites for hydroxylation is 3. The quantitative estimate of drug-likeness (QED) is 0.506. The van der Waals surface area contributed by atoms with Crippen molar-refractivity contribution in [1.29, 1.82) is 0 Å². The van der Waals surface area contributed by atoms with Crippen molar-refractivity contribution in [2.45, 2.75) is 27.1 Å². The Morgan fingerprint density at radius 3 is 2.95 bits per heavy atom. The Morgan fingerprint density at radius 2 is 2.14 bits per heavy atom. The van der Waals surface area contributed by atoms with Crippen LogP contribution in [0.1, 0.15) is 32.3 Å². The number of imidazole rings is 1. The van der Waals surface area contributed by atoms with Crippen LogP contribution in [0.4, 0.5) is 0 Å². The highest BCUT2D eigenvalue weighted by Gasteiger charge is 2.27. The van der Waals surface area contributed by atoms with Crippen LogP contribution in [0.5, 0.6) is 0 Å². The molecule has 0 radical (unpaired) electrons. The second-order valence-electron chi connectivity index (χ2n) is 5.84. The standard InChI is InChI=1S/C18H19N4/c1-11-7-15-14(9-17-19-5-6-22(15)17)18(13(11)3)16-8-12(2)20-10-21(16)4/h5-8,10H,9H2,1-4H3/q+1/i1D3. The summed E-state index contributed by atoms with van der Waals surface area (Å²) in [6.07, 6.45) is 6.11. The zero-order chi connectivity index (χ0) is 17.9. The predicted molar refractivity (Wildman–Crippen MR) is 85.0 cm³/mol. The van der Waals surface area contributed by atoms with Gasteiger partial charge in [0.15, 0.2) is 5.69 Å². The molecule has 0 spiro atoms. The summed E-state index contributed by atoms with van der Waals surface area (Å²) in [7, 11) is 1.93. The molecular weight excluding hydrogens is 272 g/mol. The van der Waals surface area contributed by atoms with Gasteiger partial charge in [0.25, 0.3) is 6.33 Å². The molecule has 4 rings (SSSR count). The first-order valence-corrected chi connectivity index (χ1v) is 7.29. The molecule has 0 saturated carbocycles. The van der Waals surface area contributed by atoms with Gasteiger partial charge in [0.05, 0.1) is 12.7 Å². The van der Waals surface area contributed by atoms with Gasteiger partial charge in [-0.2, -0.15) is 0 Å². The molecule has 1 aromatic carbocycles. The third-order valence-corrected chi connectivity index (χ3v) is 4.40. The van der Waals surface area contributed by atoms with E-state index in [9.17, 15) is 0 Å². The first-order valence-electron chi connectivity index (χ1n) is 8.79. The SMILES string of the molecule is [2H]C([2H])([2H])c1cc2c(c(-c3cc(C)nc[n+]3C)c1C)Cc1nccn1-2. The maximum Gasteiger partial charge on any atom is 0.286 e. The molecule has 0 bridgehead atoms. The number of rotatable bonds is 1. The Morgan fingerprint density at radius 1 is 1.27 bits per heavy atom. The van der Waals surface area contributed by atoms with E-state index in [0.29, 0.717) is 12.0 Å². The van der Waals surface area contributed by atoms with E-state index in [1.54, 1.807) is 18.6 Å². The van der Waals surface area contributed by atoms with Crippen molar-refractivity contribution in [3.05, 3.63) is 59.1 Å². The zero-order valence-electron chi connectivity index (χ0n) is 15.9. The third-order valence-electron chi connectivity index (χ3n) is 4.40. The predicted octanol–water partition coefficient (Wildman–Crippen LogP) is 2.59. The summed E-state index contributed by atoms with van der Waals surface area (Å²) >= 11 is 0. The van der Waals surface area contributed by atoms with E-state index in [2.05, 4.69) is 9.97 Å². The molecule has 3 aromatic rings. The third kappa shape index (κ3) is 1.73. The zero-order valence-corrected chi connectivity index (χ0v) is 12.9. The van der Waals surface area contributed by atoms with E-state index >= 15 is 0 Å². The largest absolute Gasteiger partial charge is 0.303 e. The summed E-state index contributed by atoms with van der Waals surface area (Å²) < 4.78 is 27.8. The van der Waals surface area contributed by atoms with Gasteiger partial charge in [-0.15, -0.1) is 0 Å². The summed E-state index contributed by atoms with van der Waals surface area (Å²) in [5.74, 6) is 0.937. The topological polar surface area (TPSA) is 34.6 Å². The van der Waals surface area contributed by atoms with Crippen molar-refractivity contribution >= 4 is 0 Å². The fraction of sp³-hybridized carbons (Fsp3) is 0.278. The minimum atomic E-state index is -2.17. The van der Waals surface area contributed by atoms with Crippen molar-refractivity contribution < 1.29 is 8.68 Å². The maximum atomic E-state index is 7.97. The number of nitrogens with zero attached hydrogens (tertiary/aromatic N) is 4. The van der Waals surface area contributed by atoms with E-state index in [1.807, 2.05) is 42.3 Å². The maximum absolute atomic E-state index is 7.97. The Labute approximate surface area is 134 Å². The average Bonchev–Trinajstić information content (AvgIpc) is 3.09. The Kier molecular flexibility index (Phi) is 2.10. The van der Waals surface area contributed by atoms with Gasteiger partial charge < -0.3 is 4.57 Å². The van der Waals surface area contributed by atoms with E-state index in [4.69, 9.17) is 4.11 Å². The van der Waals surface area contributed by atoms with Crippen LogP contribution in [0.2, 0.25) is 0 Å². The molecule has 4 nitrogen and oxygen atoms in total. The monoisotopic (exact) mass is 294 g/mol. The van der Waals surface area contributed by atoms with E-state index in [1.165, 1.54) is 0 Å². The Hall–Kier alpha value is -2.49. The lowest BCUT2D eigenvalue weighted by Crippen LogP contribution is -2.32. The lowest BCUT2D eigenvalue weighted by Gasteiger charge is -2.15. The number of fused-ring (bicyclic) bond motifs is 3. The molecular formula is C18H19N4+. The van der Waals surface area contributed by atoms with Crippen molar-refractivity contribution in [1.82, 2.24) is 14.5 Å². The fourth-order valence-corrected chi connectivity index (χ4v) is 3.23. The summed E-state index contributed by atoms with van der Waals surface area (Å²) in [5, 5.41) is 0. The van der Waals surface area contributed by atoms with Crippen LogP contribution in [0.15, 0.2) is 30.9 Å². The highest BCUT2D eigenvalue weighted by atomic mass is 15.1. The van der Waals surface area contributed by atoms with Gasteiger partial charge in [-0.05, 0) is 36.5 Å². The van der Waals surface area contributed by atoms with E-state index < -0.39 is 6.85 Å². The molecule has 22 heavy (non-hydrogen) atoms. The van der Waals surface area contributed by atoms with Crippen molar-refractivity contribution in [2.24, 2.45) is 7.05 Å². The van der Waals surface area contributed by atoms with Crippen LogP contribution in [-0.4, -0.2) is 14.5 Å². The highest BCUT2D eigenvalue weighted by Crippen LogP contribution is 2.37. The molecule has 0 unspecified atom stereocenters. The van der Waals surface area contributed by atoms with Gasteiger partial charge in [-0.25, -0.2) is 9.55 Å². The highest BCUT2D eigenvalue weighted by molar-refractivity contribution is 5.74. The molecule has 1 aliphatic heterocycles. The van der Waals surface area contributed by atoms with Gasteiger partial charge >= 0.3 is 0 Å². The Bertz CT molecular complexity index is 1000. The molecule has 4 heteroatoms. The van der Waals surface area contributed by atoms with Crippen LogP contribution in [0.3, 0.4) is 0 Å². The minimum absolute atomic E-state index is 0.386. The van der Waals surface area contributed by atoms with Crippen LogP contribution in [0, 0.1) is 20.7 Å². The summed E-state index contributed by atoms with van der Waals surface area (Å²) in [6.45, 7) is 1.67. The van der Waals surface area contributed by atoms with Crippen molar-refractivity contribution in [3.63, 3.8) is 0 Å². The van der Waals surface area contributed by atoms with Crippen molar-refractivity contribution in [2.75, 3.05) is 0 Å². The number of aromatic nitrogens is 4. The molecule has 1 aliphatic rings. The second kappa shape index (κ2) is 4.50. The van der Waals surface area contributed by atoms with E-state index in [-0.39, 0.29) is 0 Å². The second-order valence-corrected chi connectivity index (χ2v) is 5.84.